The Bertz CT molecular complexity index is 303. The molecule has 1 aliphatic rings. The van der Waals surface area contributed by atoms with Crippen LogP contribution in [0.2, 0.25) is 0 Å². The number of hydrazine groups is 1. The molecule has 9 nitrogen and oxygen atoms in total. The molecule has 0 spiro atoms. The minimum absolute atomic E-state index is 0.0371. The maximum absolute atomic E-state index is 11.2. The highest BCUT2D eigenvalue weighted by Crippen LogP contribution is 2.14. The summed E-state index contributed by atoms with van der Waals surface area (Å²) in [7, 11) is 0. The molecule has 1 heterocycles. The second kappa shape index (κ2) is 6.84. The third-order valence-electron chi connectivity index (χ3n) is 2.13. The van der Waals surface area contributed by atoms with Crippen LogP contribution in [0, 0.1) is 11.1 Å². The smallest absolute Gasteiger partial charge is 0.511 e. The van der Waals surface area contributed by atoms with Crippen molar-refractivity contribution < 1.29 is 29.2 Å². The van der Waals surface area contributed by atoms with E-state index in [1.807, 2.05) is 0 Å². The van der Waals surface area contributed by atoms with Gasteiger partial charge in [0.1, 0.15) is 0 Å². The Kier molecular flexibility index (Phi) is 5.43. The fraction of sp³-hybridized carbons (Fsp3) is 0.889. The van der Waals surface area contributed by atoms with Gasteiger partial charge in [-0.05, 0) is 13.8 Å². The van der Waals surface area contributed by atoms with Crippen molar-refractivity contribution in [1.29, 1.82) is 0 Å². The van der Waals surface area contributed by atoms with Crippen molar-refractivity contribution in [2.24, 2.45) is 11.2 Å². The first-order valence-electron chi connectivity index (χ1n) is 5.52. The van der Waals surface area contributed by atoms with E-state index in [-0.39, 0.29) is 23.6 Å². The number of ether oxygens (including phenoxy) is 2. The Balaban J connectivity index is 2.11. The van der Waals surface area contributed by atoms with E-state index >= 15 is 0 Å². The zero-order valence-electron chi connectivity index (χ0n) is 10.3. The summed E-state index contributed by atoms with van der Waals surface area (Å²) in [6.07, 6.45) is -1.18. The highest BCUT2D eigenvalue weighted by molar-refractivity contribution is 5.59. The lowest BCUT2D eigenvalue weighted by Gasteiger charge is -2.32. The Morgan fingerprint density at radius 2 is 2.28 bits per heavy atom. The number of carbonyl (C=O) groups excluding carboxylic acids is 1. The van der Waals surface area contributed by atoms with Gasteiger partial charge in [-0.15, -0.1) is 5.01 Å². The Labute approximate surface area is 104 Å². The van der Waals surface area contributed by atoms with E-state index in [1.165, 1.54) is 5.01 Å². The normalized spacial score (nSPS) is 16.4. The minimum Gasteiger partial charge on any atom is -0.569 e. The molecule has 1 aliphatic heterocycles. The van der Waals surface area contributed by atoms with Crippen LogP contribution in [0.5, 0.6) is 0 Å². The van der Waals surface area contributed by atoms with Crippen LogP contribution in [-0.2, 0) is 14.3 Å². The van der Waals surface area contributed by atoms with E-state index in [1.54, 1.807) is 13.8 Å². The van der Waals surface area contributed by atoms with Crippen molar-refractivity contribution in [2.75, 3.05) is 26.5 Å². The first kappa shape index (κ1) is 14.3. The molecule has 18 heavy (non-hydrogen) atoms. The lowest BCUT2D eigenvalue weighted by atomic mass is 10.0. The van der Waals surface area contributed by atoms with Gasteiger partial charge in [0, 0.05) is 12.5 Å². The van der Waals surface area contributed by atoms with Gasteiger partial charge in [-0.25, -0.2) is 4.79 Å². The van der Waals surface area contributed by atoms with Gasteiger partial charge >= 0.3 is 6.16 Å². The highest BCUT2D eigenvalue weighted by atomic mass is 16.8. The number of rotatable bonds is 6. The summed E-state index contributed by atoms with van der Waals surface area (Å²) >= 11 is 0. The lowest BCUT2D eigenvalue weighted by Crippen LogP contribution is -2.51. The van der Waals surface area contributed by atoms with Crippen molar-refractivity contribution in [3.05, 3.63) is 5.21 Å². The van der Waals surface area contributed by atoms with E-state index < -0.39 is 12.9 Å². The molecule has 0 aromatic rings. The topological polar surface area (TPSA) is 107 Å². The largest absolute Gasteiger partial charge is 0.569 e. The molecule has 9 heteroatoms. The van der Waals surface area contributed by atoms with Crippen LogP contribution >= 0.6 is 0 Å². The summed E-state index contributed by atoms with van der Waals surface area (Å²) in [5.74, 6) is 0.0916. The molecule has 0 saturated carbocycles. The van der Waals surface area contributed by atoms with Gasteiger partial charge in [-0.3, -0.25) is 0 Å². The monoisotopic (exact) mass is 263 g/mol. The molecule has 1 fully saturated rings. The Hall–Kier alpha value is -1.77. The summed E-state index contributed by atoms with van der Waals surface area (Å²) in [5.41, 5.74) is 0. The van der Waals surface area contributed by atoms with Gasteiger partial charge in [0.2, 0.25) is 5.28 Å². The average Bonchev–Trinajstić information content (AvgIpc) is 2.22. The number of aliphatic hydroxyl groups excluding tert-OH is 1. The zero-order valence-corrected chi connectivity index (χ0v) is 10.3. The van der Waals surface area contributed by atoms with E-state index in [0.717, 1.165) is 0 Å². The van der Waals surface area contributed by atoms with Gasteiger partial charge in [-0.1, -0.05) is 0 Å². The van der Waals surface area contributed by atoms with E-state index in [4.69, 9.17) is 5.11 Å². The molecular weight excluding hydrogens is 246 g/mol. The second-order valence-electron chi connectivity index (χ2n) is 4.06. The SMILES string of the molecule is CC(C)OC(=O)OCON=[N+]([O-])N1CC(CO)C1. The molecular formula is C9H17N3O6. The molecule has 0 unspecified atom stereocenters. The predicted octanol–water partition coefficient (Wildman–Crippen LogP) is 0.239. The first-order chi connectivity index (χ1) is 8.52. The fourth-order valence-electron chi connectivity index (χ4n) is 1.22. The third-order valence-corrected chi connectivity index (χ3v) is 2.13. The number of hydrogen-bond donors (Lipinski definition) is 1. The van der Waals surface area contributed by atoms with Gasteiger partial charge in [0.15, 0.2) is 0 Å². The highest BCUT2D eigenvalue weighted by Gasteiger charge is 2.32. The molecule has 0 radical (unpaired) electrons. The van der Waals surface area contributed by atoms with Crippen LogP contribution in [0.4, 0.5) is 4.79 Å². The molecule has 104 valence electrons. The number of nitrogens with zero attached hydrogens (tertiary/aromatic N) is 3. The molecule has 0 bridgehead atoms. The Morgan fingerprint density at radius 3 is 2.83 bits per heavy atom. The van der Waals surface area contributed by atoms with Crippen molar-refractivity contribution in [2.45, 2.75) is 20.0 Å². The molecule has 0 aliphatic carbocycles. The Morgan fingerprint density at radius 1 is 1.61 bits per heavy atom. The van der Waals surface area contributed by atoms with Crippen LogP contribution in [-0.4, -0.2) is 53.8 Å². The molecule has 0 aromatic carbocycles. The molecule has 0 aromatic heterocycles. The quantitative estimate of drug-likeness (QED) is 0.183. The van der Waals surface area contributed by atoms with E-state index in [9.17, 15) is 10.0 Å². The maximum Gasteiger partial charge on any atom is 0.511 e. The van der Waals surface area contributed by atoms with Gasteiger partial charge in [0.05, 0.1) is 24.2 Å². The van der Waals surface area contributed by atoms with Crippen LogP contribution in [0.1, 0.15) is 13.8 Å². The maximum atomic E-state index is 11.2. The standard InChI is InChI=1S/C9H17N3O6/c1-7(2)18-9(14)16-6-17-10-12(15)11-3-8(4-11)5-13/h7-8,13H,3-6H2,1-2H3. The summed E-state index contributed by atoms with van der Waals surface area (Å²) in [4.78, 5) is 15.6. The van der Waals surface area contributed by atoms with Crippen molar-refractivity contribution in [3.8, 4) is 0 Å². The van der Waals surface area contributed by atoms with Crippen LogP contribution < -0.4 is 0 Å². The van der Waals surface area contributed by atoms with Gasteiger partial charge in [-0.2, -0.15) is 0 Å². The summed E-state index contributed by atoms with van der Waals surface area (Å²) in [6.45, 7) is 3.73. The third kappa shape index (κ3) is 4.62. The number of hydrogen-bond acceptors (Lipinski definition) is 7. The molecule has 1 rings (SSSR count). The van der Waals surface area contributed by atoms with Gasteiger partial charge < -0.3 is 24.6 Å². The lowest BCUT2D eigenvalue weighted by molar-refractivity contribution is -0.727. The van der Waals surface area contributed by atoms with E-state index in [0.29, 0.717) is 13.1 Å². The first-order valence-corrected chi connectivity index (χ1v) is 5.52. The summed E-state index contributed by atoms with van der Waals surface area (Å²) in [5, 5.41) is 24.4. The van der Waals surface area contributed by atoms with Crippen molar-refractivity contribution >= 4 is 6.16 Å². The zero-order chi connectivity index (χ0) is 13.5. The number of carbonyl (C=O) groups is 1. The molecule has 1 saturated heterocycles. The number of aliphatic hydroxyl groups is 1. The van der Waals surface area contributed by atoms with Crippen LogP contribution in [0.15, 0.2) is 5.28 Å². The minimum atomic E-state index is -0.887. The van der Waals surface area contributed by atoms with Crippen LogP contribution in [0.3, 0.4) is 0 Å². The molecule has 0 amide bonds. The summed E-state index contributed by atoms with van der Waals surface area (Å²) < 4.78 is 9.13. The summed E-state index contributed by atoms with van der Waals surface area (Å²) in [6, 6.07) is 0. The van der Waals surface area contributed by atoms with Crippen molar-refractivity contribution in [1.82, 2.24) is 5.01 Å². The molecule has 0 atom stereocenters. The second-order valence-corrected chi connectivity index (χ2v) is 4.06. The van der Waals surface area contributed by atoms with Crippen molar-refractivity contribution in [3.63, 3.8) is 0 Å². The fourth-order valence-corrected chi connectivity index (χ4v) is 1.22. The van der Waals surface area contributed by atoms with Gasteiger partial charge in [0.25, 0.3) is 6.79 Å². The average molecular weight is 263 g/mol. The molecule has 1 N–H and O–H groups in total. The van der Waals surface area contributed by atoms with Crippen LogP contribution in [0.25, 0.3) is 0 Å². The van der Waals surface area contributed by atoms with E-state index in [2.05, 4.69) is 19.6 Å². The predicted molar refractivity (Wildman–Crippen MR) is 56.9 cm³/mol.